The molecule has 17 heavy (non-hydrogen) atoms. The van der Waals surface area contributed by atoms with Gasteiger partial charge in [-0.2, -0.15) is 0 Å². The molecule has 3 rings (SSSR count). The molecular formula is C14H27N3. The van der Waals surface area contributed by atoms with E-state index < -0.39 is 0 Å². The Morgan fingerprint density at radius 2 is 1.41 bits per heavy atom. The minimum absolute atomic E-state index is 0.773. The topological polar surface area (TPSA) is 18.5 Å². The number of fused-ring (bicyclic) bond motifs is 1. The zero-order valence-electron chi connectivity index (χ0n) is 11.2. The lowest BCUT2D eigenvalue weighted by atomic mass is 9.95. The van der Waals surface area contributed by atoms with Crippen LogP contribution in [-0.2, 0) is 0 Å². The highest BCUT2D eigenvalue weighted by atomic mass is 15.3. The van der Waals surface area contributed by atoms with Gasteiger partial charge in [0.1, 0.15) is 0 Å². The molecule has 0 amide bonds. The van der Waals surface area contributed by atoms with E-state index in [1.807, 2.05) is 0 Å². The molecule has 3 fully saturated rings. The van der Waals surface area contributed by atoms with E-state index in [0.717, 1.165) is 18.1 Å². The van der Waals surface area contributed by atoms with Crippen molar-refractivity contribution in [3.63, 3.8) is 0 Å². The lowest BCUT2D eigenvalue weighted by Gasteiger charge is -2.41. The Hall–Kier alpha value is -0.120. The van der Waals surface area contributed by atoms with Crippen LogP contribution in [0.5, 0.6) is 0 Å². The van der Waals surface area contributed by atoms with Gasteiger partial charge in [0.25, 0.3) is 0 Å². The fourth-order valence-corrected chi connectivity index (χ4v) is 4.17. The third-order valence-corrected chi connectivity index (χ3v) is 5.23. The smallest absolute Gasteiger partial charge is 0.0263 e. The highest BCUT2D eigenvalue weighted by Crippen LogP contribution is 2.31. The van der Waals surface area contributed by atoms with Gasteiger partial charge in [0.15, 0.2) is 0 Å². The maximum atomic E-state index is 3.43. The first-order chi connectivity index (χ1) is 8.38. The summed E-state index contributed by atoms with van der Waals surface area (Å²) in [4.78, 5) is 5.56. The van der Waals surface area contributed by atoms with Crippen LogP contribution in [-0.4, -0.2) is 61.2 Å². The Kier molecular flexibility index (Phi) is 3.69. The number of hydrogen-bond acceptors (Lipinski definition) is 3. The second-order valence-electron chi connectivity index (χ2n) is 6.05. The van der Waals surface area contributed by atoms with Crippen molar-refractivity contribution in [2.75, 3.05) is 33.2 Å². The molecule has 2 atom stereocenters. The average Bonchev–Trinajstić information content (AvgIpc) is 2.83. The van der Waals surface area contributed by atoms with Gasteiger partial charge >= 0.3 is 0 Å². The molecule has 0 aliphatic carbocycles. The van der Waals surface area contributed by atoms with Crippen molar-refractivity contribution < 1.29 is 0 Å². The van der Waals surface area contributed by atoms with E-state index in [-0.39, 0.29) is 0 Å². The monoisotopic (exact) mass is 237 g/mol. The van der Waals surface area contributed by atoms with Gasteiger partial charge in [0, 0.05) is 24.7 Å². The van der Waals surface area contributed by atoms with Crippen LogP contribution in [0.4, 0.5) is 0 Å². The number of nitrogens with one attached hydrogen (secondary N) is 1. The highest BCUT2D eigenvalue weighted by molar-refractivity contribution is 4.96. The van der Waals surface area contributed by atoms with Crippen LogP contribution in [0.3, 0.4) is 0 Å². The fourth-order valence-electron chi connectivity index (χ4n) is 4.17. The van der Waals surface area contributed by atoms with Gasteiger partial charge in [-0.3, -0.25) is 9.80 Å². The van der Waals surface area contributed by atoms with Crippen LogP contribution < -0.4 is 5.32 Å². The zero-order chi connectivity index (χ0) is 11.7. The third kappa shape index (κ3) is 2.38. The molecular weight excluding hydrogens is 210 g/mol. The average molecular weight is 237 g/mol. The Bertz CT molecular complexity index is 248. The van der Waals surface area contributed by atoms with Crippen LogP contribution in [0.2, 0.25) is 0 Å². The van der Waals surface area contributed by atoms with Crippen LogP contribution >= 0.6 is 0 Å². The second kappa shape index (κ2) is 5.25. The molecule has 3 heterocycles. The van der Waals surface area contributed by atoms with Gasteiger partial charge in [0.2, 0.25) is 0 Å². The Labute approximate surface area is 106 Å². The van der Waals surface area contributed by atoms with Crippen LogP contribution in [0.1, 0.15) is 38.5 Å². The van der Waals surface area contributed by atoms with E-state index in [4.69, 9.17) is 0 Å². The molecule has 0 aromatic carbocycles. The van der Waals surface area contributed by atoms with Crippen molar-refractivity contribution >= 4 is 0 Å². The maximum Gasteiger partial charge on any atom is 0.0263 e. The molecule has 3 aliphatic heterocycles. The predicted molar refractivity (Wildman–Crippen MR) is 71.3 cm³/mol. The zero-order valence-corrected chi connectivity index (χ0v) is 11.2. The molecule has 0 spiro atoms. The first kappa shape index (κ1) is 11.9. The van der Waals surface area contributed by atoms with Gasteiger partial charge in [0.05, 0.1) is 0 Å². The van der Waals surface area contributed by atoms with Crippen LogP contribution in [0, 0.1) is 0 Å². The molecule has 1 N–H and O–H groups in total. The normalized spacial score (nSPS) is 37.2. The third-order valence-electron chi connectivity index (χ3n) is 5.23. The number of likely N-dealkylation sites (tertiary alicyclic amines) is 1. The number of piperidine rings is 2. The van der Waals surface area contributed by atoms with Gasteiger partial charge in [-0.05, 0) is 58.8 Å². The fraction of sp³-hybridized carbons (Fsp3) is 1.00. The first-order valence-corrected chi connectivity index (χ1v) is 7.54. The molecule has 0 bridgehead atoms. The molecule has 2 unspecified atom stereocenters. The quantitative estimate of drug-likeness (QED) is 0.781. The summed E-state index contributed by atoms with van der Waals surface area (Å²) in [6.07, 6.45) is 8.47. The van der Waals surface area contributed by atoms with Crippen molar-refractivity contribution in [1.29, 1.82) is 0 Å². The maximum absolute atomic E-state index is 3.43. The molecule has 3 aliphatic rings. The minimum atomic E-state index is 0.773. The molecule has 3 heteroatoms. The van der Waals surface area contributed by atoms with E-state index in [1.54, 1.807) is 0 Å². The van der Waals surface area contributed by atoms with Crippen LogP contribution in [0.15, 0.2) is 0 Å². The summed E-state index contributed by atoms with van der Waals surface area (Å²) in [5.41, 5.74) is 0. The van der Waals surface area contributed by atoms with Crippen molar-refractivity contribution in [3.05, 3.63) is 0 Å². The largest absolute Gasteiger partial charge is 0.317 e. The van der Waals surface area contributed by atoms with Gasteiger partial charge in [-0.25, -0.2) is 0 Å². The molecule has 98 valence electrons. The van der Waals surface area contributed by atoms with Gasteiger partial charge in [-0.1, -0.05) is 6.42 Å². The number of hydrogen-bond donors (Lipinski definition) is 1. The van der Waals surface area contributed by atoms with Crippen molar-refractivity contribution in [1.82, 2.24) is 15.1 Å². The summed E-state index contributed by atoms with van der Waals surface area (Å²) >= 11 is 0. The summed E-state index contributed by atoms with van der Waals surface area (Å²) in [5, 5.41) is 3.43. The molecule has 3 nitrogen and oxygen atoms in total. The first-order valence-electron chi connectivity index (χ1n) is 7.54. The Balaban J connectivity index is 1.58. The van der Waals surface area contributed by atoms with Crippen molar-refractivity contribution in [2.45, 2.75) is 56.7 Å². The molecule has 0 aromatic heterocycles. The summed E-state index contributed by atoms with van der Waals surface area (Å²) < 4.78 is 0. The highest BCUT2D eigenvalue weighted by Gasteiger charge is 2.39. The van der Waals surface area contributed by atoms with Crippen LogP contribution in [0.25, 0.3) is 0 Å². The molecule has 3 saturated heterocycles. The van der Waals surface area contributed by atoms with E-state index in [1.165, 1.54) is 64.7 Å². The van der Waals surface area contributed by atoms with Crippen molar-refractivity contribution in [3.8, 4) is 0 Å². The Morgan fingerprint density at radius 1 is 0.765 bits per heavy atom. The second-order valence-corrected chi connectivity index (χ2v) is 6.05. The minimum Gasteiger partial charge on any atom is -0.317 e. The van der Waals surface area contributed by atoms with Gasteiger partial charge in [-0.15, -0.1) is 0 Å². The summed E-state index contributed by atoms with van der Waals surface area (Å²) in [6.45, 7) is 5.37. The Morgan fingerprint density at radius 3 is 2.18 bits per heavy atom. The van der Waals surface area contributed by atoms with E-state index in [2.05, 4.69) is 22.2 Å². The molecule has 0 saturated carbocycles. The number of rotatable bonds is 2. The standard InChI is InChI=1S/C14H27N3/c1-15-12-5-9-17(10-6-12)14-7-11-16-8-3-2-4-13(14)16/h12-15H,2-11H2,1H3. The summed E-state index contributed by atoms with van der Waals surface area (Å²) in [7, 11) is 2.11. The summed E-state index contributed by atoms with van der Waals surface area (Å²) in [5.74, 6) is 0. The lowest BCUT2D eigenvalue weighted by molar-refractivity contribution is 0.0914. The predicted octanol–water partition coefficient (Wildman–Crippen LogP) is 1.30. The number of nitrogens with zero attached hydrogens (tertiary/aromatic N) is 2. The summed E-state index contributed by atoms with van der Waals surface area (Å²) in [6, 6.07) is 2.55. The molecule has 0 aromatic rings. The SMILES string of the molecule is CNC1CCN(C2CCN3CCCCC23)CC1. The van der Waals surface area contributed by atoms with E-state index >= 15 is 0 Å². The van der Waals surface area contributed by atoms with Gasteiger partial charge < -0.3 is 5.32 Å². The van der Waals surface area contributed by atoms with Crippen molar-refractivity contribution in [2.24, 2.45) is 0 Å². The van der Waals surface area contributed by atoms with E-state index in [9.17, 15) is 0 Å². The van der Waals surface area contributed by atoms with E-state index in [0.29, 0.717) is 0 Å². The molecule has 0 radical (unpaired) electrons. The lowest BCUT2D eigenvalue weighted by Crippen LogP contribution is -2.51.